The third-order valence-corrected chi connectivity index (χ3v) is 2.53. The fourth-order valence-electron chi connectivity index (χ4n) is 1.62. The first-order valence-corrected chi connectivity index (χ1v) is 5.28. The van der Waals surface area contributed by atoms with Crippen molar-refractivity contribution >= 4 is 0 Å². The lowest BCUT2D eigenvalue weighted by molar-refractivity contribution is 0.0491. The molecule has 0 aromatic heterocycles. The van der Waals surface area contributed by atoms with E-state index in [1.807, 2.05) is 18.2 Å². The number of benzene rings is 1. The van der Waals surface area contributed by atoms with E-state index in [9.17, 15) is 0 Å². The van der Waals surface area contributed by atoms with E-state index in [0.717, 1.165) is 5.56 Å². The zero-order chi connectivity index (χ0) is 12.3. The molecule has 0 saturated carbocycles. The van der Waals surface area contributed by atoms with E-state index in [1.165, 1.54) is 0 Å². The van der Waals surface area contributed by atoms with E-state index in [1.54, 1.807) is 21.3 Å². The lowest BCUT2D eigenvalue weighted by Crippen LogP contribution is -2.01. The van der Waals surface area contributed by atoms with Crippen LogP contribution < -0.4 is 9.47 Å². The molecular weight excluding hydrogens is 224 g/mol. The normalized spacial score (nSPS) is 22.3. The average Bonchev–Trinajstić information content (AvgIpc) is 3.15. The van der Waals surface area contributed by atoms with Crippen LogP contribution in [-0.2, 0) is 14.2 Å². The molecule has 1 aromatic carbocycles. The minimum Gasteiger partial charge on any atom is -0.493 e. The van der Waals surface area contributed by atoms with Crippen LogP contribution in [0.2, 0.25) is 0 Å². The summed E-state index contributed by atoms with van der Waals surface area (Å²) in [6, 6.07) is 5.65. The molecule has 0 N–H and O–H groups in total. The molecule has 0 spiro atoms. The van der Waals surface area contributed by atoms with Gasteiger partial charge in [-0.15, -0.1) is 0 Å². The Morgan fingerprint density at radius 2 is 2.00 bits per heavy atom. The molecule has 0 bridgehead atoms. The predicted molar refractivity (Wildman–Crippen MR) is 60.1 cm³/mol. The summed E-state index contributed by atoms with van der Waals surface area (Å²) in [5.74, 6) is 1.30. The van der Waals surface area contributed by atoms with Crippen molar-refractivity contribution in [2.24, 2.45) is 0 Å². The highest BCUT2D eigenvalue weighted by Crippen LogP contribution is 2.41. The monoisotopic (exact) mass is 240 g/mol. The highest BCUT2D eigenvalue weighted by Gasteiger charge is 2.40. The van der Waals surface area contributed by atoms with Gasteiger partial charge in [-0.3, -0.25) is 0 Å². The summed E-state index contributed by atoms with van der Waals surface area (Å²) in [7, 11) is 4.79. The van der Waals surface area contributed by atoms with Gasteiger partial charge in [0.25, 0.3) is 0 Å². The summed E-state index contributed by atoms with van der Waals surface area (Å²) in [4.78, 5) is 0. The SMILES string of the molecule is COCOc1ccc(C2OC2OC)cc1OC. The maximum Gasteiger partial charge on any atom is 0.188 e. The van der Waals surface area contributed by atoms with Gasteiger partial charge in [-0.1, -0.05) is 6.07 Å². The molecule has 5 heteroatoms. The highest BCUT2D eigenvalue weighted by atomic mass is 16.8. The van der Waals surface area contributed by atoms with Crippen LogP contribution in [-0.4, -0.2) is 34.4 Å². The van der Waals surface area contributed by atoms with E-state index in [2.05, 4.69) is 0 Å². The zero-order valence-electron chi connectivity index (χ0n) is 10.1. The Balaban J connectivity index is 2.11. The summed E-state index contributed by atoms with van der Waals surface area (Å²) in [6.07, 6.45) is -0.157. The van der Waals surface area contributed by atoms with E-state index < -0.39 is 0 Å². The molecule has 1 aliphatic heterocycles. The molecule has 2 rings (SSSR count). The number of ether oxygens (including phenoxy) is 5. The van der Waals surface area contributed by atoms with Crippen LogP contribution in [0.1, 0.15) is 11.7 Å². The van der Waals surface area contributed by atoms with E-state index >= 15 is 0 Å². The average molecular weight is 240 g/mol. The molecule has 2 atom stereocenters. The maximum atomic E-state index is 5.37. The molecule has 0 amide bonds. The lowest BCUT2D eigenvalue weighted by atomic mass is 10.1. The number of methoxy groups -OCH3 is 3. The minimum atomic E-state index is -0.148. The van der Waals surface area contributed by atoms with Gasteiger partial charge in [0.1, 0.15) is 6.10 Å². The Morgan fingerprint density at radius 3 is 2.59 bits per heavy atom. The minimum absolute atomic E-state index is 0.00891. The first-order valence-electron chi connectivity index (χ1n) is 5.28. The van der Waals surface area contributed by atoms with Gasteiger partial charge in [0.2, 0.25) is 0 Å². The summed E-state index contributed by atoms with van der Waals surface area (Å²) in [5.41, 5.74) is 1.01. The quantitative estimate of drug-likeness (QED) is 0.559. The number of hydrogen-bond acceptors (Lipinski definition) is 5. The van der Waals surface area contributed by atoms with Crippen molar-refractivity contribution in [3.05, 3.63) is 23.8 Å². The van der Waals surface area contributed by atoms with Crippen molar-refractivity contribution in [1.29, 1.82) is 0 Å². The summed E-state index contributed by atoms with van der Waals surface area (Å²) in [5, 5.41) is 0. The van der Waals surface area contributed by atoms with Crippen LogP contribution >= 0.6 is 0 Å². The molecule has 1 saturated heterocycles. The second-order valence-corrected chi connectivity index (χ2v) is 3.62. The van der Waals surface area contributed by atoms with Crippen molar-refractivity contribution in [2.75, 3.05) is 28.1 Å². The van der Waals surface area contributed by atoms with Crippen molar-refractivity contribution in [2.45, 2.75) is 12.4 Å². The molecule has 1 aliphatic rings. The second kappa shape index (κ2) is 5.35. The Labute approximate surface area is 100 Å². The smallest absolute Gasteiger partial charge is 0.188 e. The Morgan fingerprint density at radius 1 is 1.18 bits per heavy atom. The van der Waals surface area contributed by atoms with E-state index in [0.29, 0.717) is 11.5 Å². The summed E-state index contributed by atoms with van der Waals surface area (Å²) >= 11 is 0. The molecule has 2 unspecified atom stereocenters. The van der Waals surface area contributed by atoms with Crippen LogP contribution in [0.3, 0.4) is 0 Å². The fourth-order valence-corrected chi connectivity index (χ4v) is 1.62. The van der Waals surface area contributed by atoms with Crippen molar-refractivity contribution in [3.63, 3.8) is 0 Å². The predicted octanol–water partition coefficient (Wildman–Crippen LogP) is 1.72. The van der Waals surface area contributed by atoms with Crippen molar-refractivity contribution < 1.29 is 23.7 Å². The first kappa shape index (κ1) is 12.2. The molecule has 1 heterocycles. The Bertz CT molecular complexity index is 379. The number of epoxide rings is 1. The first-order chi connectivity index (χ1) is 8.30. The molecular formula is C12H16O5. The molecule has 5 nitrogen and oxygen atoms in total. The van der Waals surface area contributed by atoms with Gasteiger partial charge in [-0.2, -0.15) is 0 Å². The third-order valence-electron chi connectivity index (χ3n) is 2.53. The number of hydrogen-bond donors (Lipinski definition) is 0. The van der Waals surface area contributed by atoms with Crippen LogP contribution in [0.4, 0.5) is 0 Å². The van der Waals surface area contributed by atoms with Crippen molar-refractivity contribution in [3.8, 4) is 11.5 Å². The topological polar surface area (TPSA) is 49.5 Å². The molecule has 94 valence electrons. The van der Waals surface area contributed by atoms with Gasteiger partial charge in [0, 0.05) is 14.2 Å². The summed E-state index contributed by atoms with van der Waals surface area (Å²) < 4.78 is 25.9. The molecule has 1 fully saturated rings. The molecule has 1 aromatic rings. The highest BCUT2D eigenvalue weighted by molar-refractivity contribution is 5.44. The molecule has 0 aliphatic carbocycles. The molecule has 0 radical (unpaired) electrons. The van der Waals surface area contributed by atoms with E-state index in [-0.39, 0.29) is 19.2 Å². The largest absolute Gasteiger partial charge is 0.493 e. The van der Waals surface area contributed by atoms with Gasteiger partial charge < -0.3 is 23.7 Å². The van der Waals surface area contributed by atoms with Gasteiger partial charge in [0.05, 0.1) is 7.11 Å². The van der Waals surface area contributed by atoms with Crippen LogP contribution in [0.25, 0.3) is 0 Å². The van der Waals surface area contributed by atoms with Gasteiger partial charge in [0.15, 0.2) is 24.6 Å². The van der Waals surface area contributed by atoms with Crippen LogP contribution in [0.15, 0.2) is 18.2 Å². The van der Waals surface area contributed by atoms with Crippen LogP contribution in [0.5, 0.6) is 11.5 Å². The fraction of sp³-hybridized carbons (Fsp3) is 0.500. The number of rotatable bonds is 6. The Kier molecular flexibility index (Phi) is 3.83. The van der Waals surface area contributed by atoms with Gasteiger partial charge in [-0.25, -0.2) is 0 Å². The lowest BCUT2D eigenvalue weighted by Gasteiger charge is -2.10. The summed E-state index contributed by atoms with van der Waals surface area (Å²) in [6.45, 7) is 0.191. The standard InChI is InChI=1S/C12H16O5/c1-13-7-16-9-5-4-8(6-10(9)14-2)11-12(15-3)17-11/h4-6,11-12H,7H2,1-3H3. The maximum absolute atomic E-state index is 5.37. The van der Waals surface area contributed by atoms with Crippen LogP contribution in [0, 0.1) is 0 Å². The molecule has 17 heavy (non-hydrogen) atoms. The van der Waals surface area contributed by atoms with E-state index in [4.69, 9.17) is 23.7 Å². The second-order valence-electron chi connectivity index (χ2n) is 3.62. The van der Waals surface area contributed by atoms with Crippen molar-refractivity contribution in [1.82, 2.24) is 0 Å². The third kappa shape index (κ3) is 2.69. The zero-order valence-corrected chi connectivity index (χ0v) is 10.1. The Hall–Kier alpha value is -1.30. The van der Waals surface area contributed by atoms with Gasteiger partial charge >= 0.3 is 0 Å². The van der Waals surface area contributed by atoms with Gasteiger partial charge in [-0.05, 0) is 17.7 Å².